The SMILES string of the molecule is COCc1cccc(NC(=O)c2cccnc2Cl)c1. The number of nitrogens with one attached hydrogen (secondary N) is 1. The molecule has 0 spiro atoms. The van der Waals surface area contributed by atoms with Crippen LogP contribution in [0.15, 0.2) is 42.6 Å². The number of methoxy groups -OCH3 is 1. The van der Waals surface area contributed by atoms with Crippen LogP contribution in [0.25, 0.3) is 0 Å². The first-order valence-electron chi connectivity index (χ1n) is 5.70. The number of halogens is 1. The molecule has 0 saturated carbocycles. The van der Waals surface area contributed by atoms with Crippen LogP contribution in [0.5, 0.6) is 0 Å². The smallest absolute Gasteiger partial charge is 0.258 e. The molecule has 0 atom stereocenters. The second-order valence-electron chi connectivity index (χ2n) is 3.93. The molecule has 2 aromatic rings. The van der Waals surface area contributed by atoms with Crippen molar-refractivity contribution in [2.75, 3.05) is 12.4 Å². The van der Waals surface area contributed by atoms with Crippen molar-refractivity contribution < 1.29 is 9.53 Å². The Morgan fingerprint density at radius 2 is 2.21 bits per heavy atom. The highest BCUT2D eigenvalue weighted by Crippen LogP contribution is 2.16. The molecule has 0 fully saturated rings. The maximum atomic E-state index is 12.0. The van der Waals surface area contributed by atoms with Crippen LogP contribution in [-0.4, -0.2) is 18.0 Å². The Morgan fingerprint density at radius 3 is 2.95 bits per heavy atom. The average molecular weight is 277 g/mol. The molecule has 4 nitrogen and oxygen atoms in total. The van der Waals surface area contributed by atoms with E-state index in [4.69, 9.17) is 16.3 Å². The van der Waals surface area contributed by atoms with Crippen molar-refractivity contribution in [1.82, 2.24) is 4.98 Å². The maximum absolute atomic E-state index is 12.0. The van der Waals surface area contributed by atoms with Crippen molar-refractivity contribution in [2.45, 2.75) is 6.61 Å². The molecule has 1 aromatic carbocycles. The zero-order valence-corrected chi connectivity index (χ0v) is 11.1. The molecule has 19 heavy (non-hydrogen) atoms. The van der Waals surface area contributed by atoms with Gasteiger partial charge in [-0.1, -0.05) is 23.7 Å². The van der Waals surface area contributed by atoms with Crippen LogP contribution in [-0.2, 0) is 11.3 Å². The highest BCUT2D eigenvalue weighted by atomic mass is 35.5. The molecule has 0 aliphatic carbocycles. The topological polar surface area (TPSA) is 51.2 Å². The van der Waals surface area contributed by atoms with Gasteiger partial charge in [-0.05, 0) is 29.8 Å². The molecule has 1 N–H and O–H groups in total. The monoisotopic (exact) mass is 276 g/mol. The molecule has 2 rings (SSSR count). The van der Waals surface area contributed by atoms with Gasteiger partial charge in [-0.2, -0.15) is 0 Å². The quantitative estimate of drug-likeness (QED) is 0.873. The second-order valence-corrected chi connectivity index (χ2v) is 4.29. The van der Waals surface area contributed by atoms with E-state index in [0.717, 1.165) is 5.56 Å². The van der Waals surface area contributed by atoms with Crippen molar-refractivity contribution in [3.63, 3.8) is 0 Å². The highest BCUT2D eigenvalue weighted by Gasteiger charge is 2.10. The van der Waals surface area contributed by atoms with Crippen molar-refractivity contribution in [3.05, 3.63) is 58.9 Å². The minimum atomic E-state index is -0.285. The van der Waals surface area contributed by atoms with Gasteiger partial charge in [-0.25, -0.2) is 4.98 Å². The lowest BCUT2D eigenvalue weighted by Crippen LogP contribution is -2.13. The molecule has 5 heteroatoms. The number of carbonyl (C=O) groups is 1. The van der Waals surface area contributed by atoms with Crippen LogP contribution in [0.3, 0.4) is 0 Å². The first-order chi connectivity index (χ1) is 9.20. The van der Waals surface area contributed by atoms with E-state index in [1.807, 2.05) is 18.2 Å². The lowest BCUT2D eigenvalue weighted by molar-refractivity contribution is 0.102. The van der Waals surface area contributed by atoms with Crippen molar-refractivity contribution in [1.29, 1.82) is 0 Å². The van der Waals surface area contributed by atoms with Crippen LogP contribution in [0, 0.1) is 0 Å². The van der Waals surface area contributed by atoms with E-state index in [1.165, 1.54) is 0 Å². The summed E-state index contributed by atoms with van der Waals surface area (Å²) in [6.45, 7) is 0.497. The van der Waals surface area contributed by atoms with Crippen molar-refractivity contribution in [2.24, 2.45) is 0 Å². The zero-order valence-electron chi connectivity index (χ0n) is 10.4. The molecule has 1 amide bonds. The molecule has 0 bridgehead atoms. The summed E-state index contributed by atoms with van der Waals surface area (Å²) in [5, 5.41) is 2.97. The van der Waals surface area contributed by atoms with E-state index < -0.39 is 0 Å². The van der Waals surface area contributed by atoms with Gasteiger partial charge in [-0.15, -0.1) is 0 Å². The fourth-order valence-electron chi connectivity index (χ4n) is 1.66. The summed E-state index contributed by atoms with van der Waals surface area (Å²) in [5.41, 5.74) is 2.03. The third-order valence-corrected chi connectivity index (χ3v) is 2.80. The minimum Gasteiger partial charge on any atom is -0.380 e. The predicted octanol–water partition coefficient (Wildman–Crippen LogP) is 3.13. The first kappa shape index (κ1) is 13.5. The molecule has 0 saturated heterocycles. The molecular formula is C14H13ClN2O2. The Balaban J connectivity index is 2.15. The van der Waals surface area contributed by atoms with E-state index in [2.05, 4.69) is 10.3 Å². The third kappa shape index (κ3) is 3.53. The number of rotatable bonds is 4. The Hall–Kier alpha value is -1.91. The molecule has 0 aliphatic rings. The van der Waals surface area contributed by atoms with Gasteiger partial charge in [0.2, 0.25) is 0 Å². The van der Waals surface area contributed by atoms with Gasteiger partial charge in [-0.3, -0.25) is 4.79 Å². The number of carbonyl (C=O) groups excluding carboxylic acids is 1. The molecule has 0 radical (unpaired) electrons. The summed E-state index contributed by atoms with van der Waals surface area (Å²) < 4.78 is 5.05. The highest BCUT2D eigenvalue weighted by molar-refractivity contribution is 6.33. The van der Waals surface area contributed by atoms with E-state index >= 15 is 0 Å². The number of aromatic nitrogens is 1. The molecule has 0 unspecified atom stereocenters. The van der Waals surface area contributed by atoms with Gasteiger partial charge >= 0.3 is 0 Å². The second kappa shape index (κ2) is 6.31. The van der Waals surface area contributed by atoms with Gasteiger partial charge in [0.05, 0.1) is 12.2 Å². The Kier molecular flexibility index (Phi) is 4.49. The summed E-state index contributed by atoms with van der Waals surface area (Å²) in [6.07, 6.45) is 1.54. The fourth-order valence-corrected chi connectivity index (χ4v) is 1.86. The van der Waals surface area contributed by atoms with E-state index in [0.29, 0.717) is 17.9 Å². The number of anilines is 1. The number of ether oxygens (including phenoxy) is 1. The van der Waals surface area contributed by atoms with Gasteiger partial charge < -0.3 is 10.1 Å². The fraction of sp³-hybridized carbons (Fsp3) is 0.143. The summed E-state index contributed by atoms with van der Waals surface area (Å²) in [5.74, 6) is -0.285. The number of benzene rings is 1. The minimum absolute atomic E-state index is 0.188. The van der Waals surface area contributed by atoms with Gasteiger partial charge in [0.25, 0.3) is 5.91 Å². The van der Waals surface area contributed by atoms with Crippen molar-refractivity contribution in [3.8, 4) is 0 Å². The van der Waals surface area contributed by atoms with Crippen LogP contribution in [0.4, 0.5) is 5.69 Å². The van der Waals surface area contributed by atoms with Crippen LogP contribution in [0.1, 0.15) is 15.9 Å². The van der Waals surface area contributed by atoms with Crippen LogP contribution >= 0.6 is 11.6 Å². The summed E-state index contributed by atoms with van der Waals surface area (Å²) in [6, 6.07) is 10.7. The standard InChI is InChI=1S/C14H13ClN2O2/c1-19-9-10-4-2-5-11(8-10)17-14(18)12-6-3-7-16-13(12)15/h2-8H,9H2,1H3,(H,17,18). The Bertz CT molecular complexity index is 587. The number of amides is 1. The third-order valence-electron chi connectivity index (χ3n) is 2.50. The van der Waals surface area contributed by atoms with Crippen molar-refractivity contribution >= 4 is 23.2 Å². The Labute approximate surface area is 116 Å². The van der Waals surface area contributed by atoms with Gasteiger partial charge in [0.1, 0.15) is 5.15 Å². The lowest BCUT2D eigenvalue weighted by Gasteiger charge is -2.07. The molecular weight excluding hydrogens is 264 g/mol. The summed E-state index contributed by atoms with van der Waals surface area (Å²) in [7, 11) is 1.63. The van der Waals surface area contributed by atoms with E-state index in [-0.39, 0.29) is 11.1 Å². The van der Waals surface area contributed by atoms with Gasteiger partial charge in [0.15, 0.2) is 0 Å². The van der Waals surface area contributed by atoms with E-state index in [9.17, 15) is 4.79 Å². The number of pyridine rings is 1. The maximum Gasteiger partial charge on any atom is 0.258 e. The molecule has 1 aromatic heterocycles. The Morgan fingerprint density at radius 1 is 1.37 bits per heavy atom. The zero-order chi connectivity index (χ0) is 13.7. The number of nitrogens with zero attached hydrogens (tertiary/aromatic N) is 1. The van der Waals surface area contributed by atoms with E-state index in [1.54, 1.807) is 31.5 Å². The lowest BCUT2D eigenvalue weighted by atomic mass is 10.2. The molecule has 98 valence electrons. The van der Waals surface area contributed by atoms with Crippen LogP contribution < -0.4 is 5.32 Å². The van der Waals surface area contributed by atoms with Gasteiger partial charge in [0, 0.05) is 19.0 Å². The van der Waals surface area contributed by atoms with Crippen LogP contribution in [0.2, 0.25) is 5.15 Å². The predicted molar refractivity (Wildman–Crippen MR) is 74.4 cm³/mol. The first-order valence-corrected chi connectivity index (χ1v) is 6.08. The number of hydrogen-bond donors (Lipinski definition) is 1. The normalized spacial score (nSPS) is 10.2. The average Bonchev–Trinajstić information content (AvgIpc) is 2.40. The summed E-state index contributed by atoms with van der Waals surface area (Å²) >= 11 is 5.87. The summed E-state index contributed by atoms with van der Waals surface area (Å²) in [4.78, 5) is 15.9. The molecule has 1 heterocycles. The largest absolute Gasteiger partial charge is 0.380 e. The molecule has 0 aliphatic heterocycles. The number of hydrogen-bond acceptors (Lipinski definition) is 3.